The molecule has 3 rings (SSSR count). The first-order valence-electron chi connectivity index (χ1n) is 7.29. The van der Waals surface area contributed by atoms with Gasteiger partial charge >= 0.3 is 0 Å². The lowest BCUT2D eigenvalue weighted by Crippen LogP contribution is -2.39. The molecule has 1 aromatic carbocycles. The van der Waals surface area contributed by atoms with Crippen LogP contribution in [0, 0.1) is 5.41 Å². The van der Waals surface area contributed by atoms with Gasteiger partial charge < -0.3 is 10.6 Å². The van der Waals surface area contributed by atoms with Crippen LogP contribution in [0.25, 0.3) is 10.9 Å². The molecule has 5 heteroatoms. The van der Waals surface area contributed by atoms with Gasteiger partial charge in [-0.2, -0.15) is 11.8 Å². The number of benzene rings is 1. The number of pyridine rings is 1. The Kier molecular flexibility index (Phi) is 4.01. The summed E-state index contributed by atoms with van der Waals surface area (Å²) in [6.07, 6.45) is 1.16. The van der Waals surface area contributed by atoms with E-state index in [2.05, 4.69) is 11.8 Å². The SMILES string of the molecule is CCC1CN(c2nc3ccccc3cc2C(=N)N)CCS1. The average Bonchev–Trinajstić information content (AvgIpc) is 2.53. The number of amidine groups is 1. The van der Waals surface area contributed by atoms with Crippen molar-refractivity contribution >= 4 is 34.3 Å². The van der Waals surface area contributed by atoms with Crippen LogP contribution in [0.2, 0.25) is 0 Å². The molecule has 1 aromatic heterocycles. The Labute approximate surface area is 129 Å². The monoisotopic (exact) mass is 300 g/mol. The summed E-state index contributed by atoms with van der Waals surface area (Å²) >= 11 is 2.03. The summed E-state index contributed by atoms with van der Waals surface area (Å²) in [5.74, 6) is 2.05. The number of nitrogen functional groups attached to an aromatic ring is 1. The van der Waals surface area contributed by atoms with Crippen LogP contribution in [-0.2, 0) is 0 Å². The number of fused-ring (bicyclic) bond motifs is 1. The predicted octanol–water partition coefficient (Wildman–Crippen LogP) is 2.85. The second kappa shape index (κ2) is 5.93. The lowest BCUT2D eigenvalue weighted by atomic mass is 10.1. The summed E-state index contributed by atoms with van der Waals surface area (Å²) in [6.45, 7) is 4.17. The van der Waals surface area contributed by atoms with Crippen LogP contribution in [0.4, 0.5) is 5.82 Å². The number of aromatic nitrogens is 1. The molecule has 0 radical (unpaired) electrons. The number of nitrogens with zero attached hydrogens (tertiary/aromatic N) is 2. The van der Waals surface area contributed by atoms with Crippen LogP contribution in [0.3, 0.4) is 0 Å². The van der Waals surface area contributed by atoms with Crippen LogP contribution in [0.15, 0.2) is 30.3 Å². The Morgan fingerprint density at radius 3 is 3.05 bits per heavy atom. The molecule has 1 unspecified atom stereocenters. The highest BCUT2D eigenvalue weighted by atomic mass is 32.2. The van der Waals surface area contributed by atoms with Crippen molar-refractivity contribution in [2.75, 3.05) is 23.7 Å². The van der Waals surface area contributed by atoms with Crippen molar-refractivity contribution in [3.63, 3.8) is 0 Å². The fourth-order valence-electron chi connectivity index (χ4n) is 2.70. The Bertz CT molecular complexity index is 670. The van der Waals surface area contributed by atoms with Gasteiger partial charge in [0.1, 0.15) is 11.7 Å². The zero-order valence-corrected chi connectivity index (χ0v) is 13.0. The molecule has 0 aliphatic carbocycles. The normalized spacial score (nSPS) is 18.9. The second-order valence-corrected chi connectivity index (χ2v) is 6.72. The van der Waals surface area contributed by atoms with Crippen molar-refractivity contribution in [1.82, 2.24) is 4.98 Å². The van der Waals surface area contributed by atoms with E-state index in [4.69, 9.17) is 16.1 Å². The summed E-state index contributed by atoms with van der Waals surface area (Å²) in [6, 6.07) is 9.99. The second-order valence-electron chi connectivity index (χ2n) is 5.31. The number of hydrogen-bond donors (Lipinski definition) is 2. The van der Waals surface area contributed by atoms with E-state index in [0.717, 1.165) is 47.5 Å². The number of nitrogens with two attached hydrogens (primary N) is 1. The van der Waals surface area contributed by atoms with Crippen molar-refractivity contribution in [3.8, 4) is 0 Å². The van der Waals surface area contributed by atoms with E-state index in [9.17, 15) is 0 Å². The van der Waals surface area contributed by atoms with E-state index in [1.54, 1.807) is 0 Å². The molecule has 4 nitrogen and oxygen atoms in total. The van der Waals surface area contributed by atoms with Crippen molar-refractivity contribution in [2.24, 2.45) is 5.73 Å². The zero-order valence-electron chi connectivity index (χ0n) is 12.2. The van der Waals surface area contributed by atoms with Gasteiger partial charge in [-0.3, -0.25) is 5.41 Å². The van der Waals surface area contributed by atoms with Crippen LogP contribution >= 0.6 is 11.8 Å². The van der Waals surface area contributed by atoms with Gasteiger partial charge in [-0.1, -0.05) is 25.1 Å². The Balaban J connectivity index is 2.07. The first kappa shape index (κ1) is 14.2. The summed E-state index contributed by atoms with van der Waals surface area (Å²) in [5, 5.41) is 9.53. The molecule has 3 N–H and O–H groups in total. The number of para-hydroxylation sites is 1. The molecule has 1 aliphatic rings. The molecule has 2 aromatic rings. The molecule has 0 amide bonds. The summed E-state index contributed by atoms with van der Waals surface area (Å²) in [5.41, 5.74) is 7.50. The molecule has 1 aliphatic heterocycles. The number of hydrogen-bond acceptors (Lipinski definition) is 4. The van der Waals surface area contributed by atoms with Gasteiger partial charge in [-0.05, 0) is 18.6 Å². The molecule has 21 heavy (non-hydrogen) atoms. The van der Waals surface area contributed by atoms with E-state index >= 15 is 0 Å². The first-order valence-corrected chi connectivity index (χ1v) is 8.34. The molecule has 110 valence electrons. The molecule has 0 spiro atoms. The third-order valence-electron chi connectivity index (χ3n) is 3.89. The van der Waals surface area contributed by atoms with Crippen LogP contribution in [-0.4, -0.2) is 34.9 Å². The van der Waals surface area contributed by atoms with E-state index < -0.39 is 0 Å². The van der Waals surface area contributed by atoms with Crippen molar-refractivity contribution < 1.29 is 0 Å². The number of thioether (sulfide) groups is 1. The van der Waals surface area contributed by atoms with Crippen molar-refractivity contribution in [3.05, 3.63) is 35.9 Å². The van der Waals surface area contributed by atoms with E-state index in [-0.39, 0.29) is 5.84 Å². The summed E-state index contributed by atoms with van der Waals surface area (Å²) < 4.78 is 0. The smallest absolute Gasteiger partial charge is 0.140 e. The minimum absolute atomic E-state index is 0.0922. The Hall–Kier alpha value is -1.75. The number of anilines is 1. The predicted molar refractivity (Wildman–Crippen MR) is 91.5 cm³/mol. The maximum atomic E-state index is 7.87. The van der Waals surface area contributed by atoms with Gasteiger partial charge in [0, 0.05) is 29.5 Å². The first-order chi connectivity index (χ1) is 10.2. The van der Waals surface area contributed by atoms with Crippen molar-refractivity contribution in [2.45, 2.75) is 18.6 Å². The van der Waals surface area contributed by atoms with E-state index in [1.807, 2.05) is 42.1 Å². The van der Waals surface area contributed by atoms with Gasteiger partial charge in [-0.25, -0.2) is 4.98 Å². The average molecular weight is 300 g/mol. The van der Waals surface area contributed by atoms with Crippen LogP contribution in [0.5, 0.6) is 0 Å². The third kappa shape index (κ3) is 2.83. The quantitative estimate of drug-likeness (QED) is 0.676. The standard InChI is InChI=1S/C16H20N4S/c1-2-12-10-20(7-8-21-12)16-13(15(17)18)9-11-5-3-4-6-14(11)19-16/h3-6,9,12H,2,7-8,10H2,1H3,(H3,17,18). The van der Waals surface area contributed by atoms with Crippen LogP contribution in [0.1, 0.15) is 18.9 Å². The van der Waals surface area contributed by atoms with Gasteiger partial charge in [0.05, 0.1) is 11.1 Å². The fourth-order valence-corrected chi connectivity index (χ4v) is 3.88. The summed E-state index contributed by atoms with van der Waals surface area (Å²) in [7, 11) is 0. The van der Waals surface area contributed by atoms with Gasteiger partial charge in [0.25, 0.3) is 0 Å². The molecule has 0 saturated carbocycles. The highest BCUT2D eigenvalue weighted by Gasteiger charge is 2.23. The van der Waals surface area contributed by atoms with Gasteiger partial charge in [0.2, 0.25) is 0 Å². The number of rotatable bonds is 3. The molecular weight excluding hydrogens is 280 g/mol. The molecular formula is C16H20N4S. The topological polar surface area (TPSA) is 66.0 Å². The fraction of sp³-hybridized carbons (Fsp3) is 0.375. The van der Waals surface area contributed by atoms with Gasteiger partial charge in [-0.15, -0.1) is 0 Å². The largest absolute Gasteiger partial charge is 0.384 e. The Morgan fingerprint density at radius 1 is 1.48 bits per heavy atom. The summed E-state index contributed by atoms with van der Waals surface area (Å²) in [4.78, 5) is 7.07. The highest BCUT2D eigenvalue weighted by molar-refractivity contribution is 8.00. The Morgan fingerprint density at radius 2 is 2.29 bits per heavy atom. The van der Waals surface area contributed by atoms with Gasteiger partial charge in [0.15, 0.2) is 0 Å². The van der Waals surface area contributed by atoms with Crippen LogP contribution < -0.4 is 10.6 Å². The molecule has 1 fully saturated rings. The van der Waals surface area contributed by atoms with E-state index in [1.165, 1.54) is 0 Å². The maximum Gasteiger partial charge on any atom is 0.140 e. The minimum Gasteiger partial charge on any atom is -0.384 e. The zero-order chi connectivity index (χ0) is 14.8. The highest BCUT2D eigenvalue weighted by Crippen LogP contribution is 2.28. The maximum absolute atomic E-state index is 7.87. The molecule has 1 saturated heterocycles. The third-order valence-corrected chi connectivity index (χ3v) is 5.26. The molecule has 0 bridgehead atoms. The lowest BCUT2D eigenvalue weighted by Gasteiger charge is -2.34. The number of nitrogens with one attached hydrogen (secondary N) is 1. The lowest BCUT2D eigenvalue weighted by molar-refractivity contribution is 0.721. The molecule has 2 heterocycles. The minimum atomic E-state index is 0.0922. The van der Waals surface area contributed by atoms with E-state index in [0.29, 0.717) is 5.25 Å². The van der Waals surface area contributed by atoms with Crippen molar-refractivity contribution in [1.29, 1.82) is 5.41 Å². The molecule has 1 atom stereocenters.